The number of hydrogen-bond acceptors (Lipinski definition) is 5. The number of hydrogen-bond donors (Lipinski definition) is 3. The van der Waals surface area contributed by atoms with E-state index in [4.69, 9.17) is 10.8 Å². The van der Waals surface area contributed by atoms with E-state index in [2.05, 4.69) is 16.9 Å². The zero-order valence-corrected chi connectivity index (χ0v) is 14.1. The summed E-state index contributed by atoms with van der Waals surface area (Å²) < 4.78 is 0. The van der Waals surface area contributed by atoms with E-state index in [1.165, 1.54) is 46.2 Å². The van der Waals surface area contributed by atoms with Gasteiger partial charge in [-0.2, -0.15) is 0 Å². The van der Waals surface area contributed by atoms with Gasteiger partial charge in [-0.1, -0.05) is 19.3 Å². The van der Waals surface area contributed by atoms with E-state index < -0.39 is 12.2 Å². The van der Waals surface area contributed by atoms with Gasteiger partial charge in [0.15, 0.2) is 0 Å². The van der Waals surface area contributed by atoms with Crippen LogP contribution in [0.25, 0.3) is 0 Å². The fraction of sp³-hybridized carbons (Fsp3) is 0.625. The van der Waals surface area contributed by atoms with Gasteiger partial charge in [0, 0.05) is 45.2 Å². The normalized spacial score (nSPS) is 22.9. The van der Waals surface area contributed by atoms with Crippen LogP contribution in [0.4, 0.5) is 4.79 Å². The molecule has 7 nitrogen and oxygen atoms in total. The highest BCUT2D eigenvalue weighted by Gasteiger charge is 2.20. The SMILES string of the molecule is CN(C)C(=O)O.CN(C=C1C=CN=C(N)C1O)C1CCCCC1. The Morgan fingerprint density at radius 2 is 1.87 bits per heavy atom. The monoisotopic (exact) mass is 324 g/mol. The second-order valence-electron chi connectivity index (χ2n) is 6.04. The van der Waals surface area contributed by atoms with Crippen LogP contribution in [-0.4, -0.2) is 65.2 Å². The largest absolute Gasteiger partial charge is 0.465 e. The number of aliphatic hydroxyl groups is 1. The minimum Gasteiger partial charge on any atom is -0.465 e. The summed E-state index contributed by atoms with van der Waals surface area (Å²) in [7, 11) is 5.02. The Balaban J connectivity index is 0.000000379. The zero-order valence-electron chi connectivity index (χ0n) is 14.1. The maximum atomic E-state index is 9.88. The lowest BCUT2D eigenvalue weighted by Crippen LogP contribution is -2.34. The van der Waals surface area contributed by atoms with Gasteiger partial charge in [0.1, 0.15) is 11.9 Å². The maximum absolute atomic E-state index is 9.88. The molecule has 23 heavy (non-hydrogen) atoms. The van der Waals surface area contributed by atoms with E-state index in [9.17, 15) is 9.90 Å². The predicted molar refractivity (Wildman–Crippen MR) is 91.2 cm³/mol. The molecule has 0 saturated heterocycles. The van der Waals surface area contributed by atoms with Gasteiger partial charge in [0.05, 0.1) is 0 Å². The van der Waals surface area contributed by atoms with E-state index in [1.807, 2.05) is 12.3 Å². The van der Waals surface area contributed by atoms with Crippen molar-refractivity contribution in [2.75, 3.05) is 21.1 Å². The number of rotatable bonds is 2. The van der Waals surface area contributed by atoms with Crippen molar-refractivity contribution in [3.8, 4) is 0 Å². The summed E-state index contributed by atoms with van der Waals surface area (Å²) in [6.07, 6.45) is 10.2. The molecule has 0 aromatic rings. The number of aliphatic hydroxyl groups excluding tert-OH is 1. The van der Waals surface area contributed by atoms with E-state index >= 15 is 0 Å². The standard InChI is InChI=1S/C13H21N3O.C3H7NO2/c1-16(11-5-3-2-4-6-11)9-10-7-8-15-13(14)12(10)17;1-4(2)3(5)6/h7-9,11-12,17H,2-6H2,1H3,(H2,14,15);1-2H3,(H,5,6). The van der Waals surface area contributed by atoms with Crippen LogP contribution in [0.2, 0.25) is 0 Å². The molecule has 1 amide bonds. The first-order chi connectivity index (χ1) is 10.8. The number of carbonyl (C=O) groups is 1. The summed E-state index contributed by atoms with van der Waals surface area (Å²) in [6.45, 7) is 0. The third-order valence-corrected chi connectivity index (χ3v) is 3.97. The fourth-order valence-electron chi connectivity index (χ4n) is 2.48. The van der Waals surface area contributed by atoms with Crippen molar-refractivity contribution >= 4 is 11.9 Å². The molecule has 2 aliphatic rings. The molecule has 1 unspecified atom stereocenters. The molecule has 0 aromatic heterocycles. The van der Waals surface area contributed by atoms with Crippen LogP contribution in [0.5, 0.6) is 0 Å². The molecule has 2 rings (SSSR count). The summed E-state index contributed by atoms with van der Waals surface area (Å²) in [5, 5.41) is 17.8. The number of aliphatic imine (C=N–C) groups is 1. The Kier molecular flexibility index (Phi) is 7.61. The van der Waals surface area contributed by atoms with Gasteiger partial charge in [-0.15, -0.1) is 0 Å². The van der Waals surface area contributed by atoms with Crippen LogP contribution in [0.3, 0.4) is 0 Å². The molecule has 7 heteroatoms. The van der Waals surface area contributed by atoms with Crippen molar-refractivity contribution in [1.29, 1.82) is 0 Å². The maximum Gasteiger partial charge on any atom is 0.406 e. The van der Waals surface area contributed by atoms with Crippen LogP contribution in [0, 0.1) is 0 Å². The highest BCUT2D eigenvalue weighted by atomic mass is 16.4. The third kappa shape index (κ3) is 6.32. The van der Waals surface area contributed by atoms with Gasteiger partial charge >= 0.3 is 6.09 Å². The number of amides is 1. The minimum absolute atomic E-state index is 0.274. The average molecular weight is 324 g/mol. The van der Waals surface area contributed by atoms with Crippen molar-refractivity contribution < 1.29 is 15.0 Å². The van der Waals surface area contributed by atoms with Gasteiger partial charge in [0.2, 0.25) is 0 Å². The highest BCUT2D eigenvalue weighted by molar-refractivity contribution is 5.89. The first kappa shape index (κ1) is 19.0. The number of nitrogens with two attached hydrogens (primary N) is 1. The second-order valence-corrected chi connectivity index (χ2v) is 6.04. The van der Waals surface area contributed by atoms with E-state index in [0.717, 1.165) is 10.5 Å². The molecule has 1 aliphatic carbocycles. The van der Waals surface area contributed by atoms with Crippen LogP contribution >= 0.6 is 0 Å². The molecule has 1 heterocycles. The molecule has 0 aromatic carbocycles. The summed E-state index contributed by atoms with van der Waals surface area (Å²) in [5.74, 6) is 0.274. The van der Waals surface area contributed by atoms with Crippen molar-refractivity contribution in [2.45, 2.75) is 44.2 Å². The first-order valence-corrected chi connectivity index (χ1v) is 7.84. The smallest absolute Gasteiger partial charge is 0.406 e. The minimum atomic E-state index is -0.907. The van der Waals surface area contributed by atoms with Crippen LogP contribution in [-0.2, 0) is 0 Å². The van der Waals surface area contributed by atoms with Gasteiger partial charge in [-0.05, 0) is 18.9 Å². The van der Waals surface area contributed by atoms with Crippen molar-refractivity contribution in [2.24, 2.45) is 10.7 Å². The van der Waals surface area contributed by atoms with E-state index in [-0.39, 0.29) is 5.84 Å². The molecular weight excluding hydrogens is 296 g/mol. The summed E-state index contributed by atoms with van der Waals surface area (Å²) in [6, 6.07) is 0.594. The van der Waals surface area contributed by atoms with Crippen LogP contribution in [0.1, 0.15) is 32.1 Å². The molecule has 4 N–H and O–H groups in total. The molecule has 130 valence electrons. The fourth-order valence-corrected chi connectivity index (χ4v) is 2.48. The number of nitrogens with zero attached hydrogens (tertiary/aromatic N) is 3. The molecular formula is C16H28N4O3. The summed E-state index contributed by atoms with van der Waals surface area (Å²) in [4.78, 5) is 16.8. The molecule has 1 fully saturated rings. The van der Waals surface area contributed by atoms with E-state index in [0.29, 0.717) is 6.04 Å². The highest BCUT2D eigenvalue weighted by Crippen LogP contribution is 2.23. The molecule has 1 saturated carbocycles. The van der Waals surface area contributed by atoms with Gasteiger partial charge in [-0.3, -0.25) is 0 Å². The molecule has 1 atom stereocenters. The predicted octanol–water partition coefficient (Wildman–Crippen LogP) is 1.61. The van der Waals surface area contributed by atoms with Crippen molar-refractivity contribution in [1.82, 2.24) is 9.80 Å². The average Bonchev–Trinajstić information content (AvgIpc) is 2.53. The first-order valence-electron chi connectivity index (χ1n) is 7.84. The Morgan fingerprint density at radius 3 is 2.39 bits per heavy atom. The number of amidine groups is 1. The lowest BCUT2D eigenvalue weighted by molar-refractivity contribution is 0.165. The Hall–Kier alpha value is -2.02. The van der Waals surface area contributed by atoms with Gasteiger partial charge in [-0.25, -0.2) is 9.79 Å². The van der Waals surface area contributed by atoms with Crippen molar-refractivity contribution in [3.05, 3.63) is 24.0 Å². The zero-order chi connectivity index (χ0) is 17.4. The second kappa shape index (κ2) is 9.19. The van der Waals surface area contributed by atoms with E-state index in [1.54, 1.807) is 6.20 Å². The van der Waals surface area contributed by atoms with Gasteiger partial charge < -0.3 is 25.7 Å². The van der Waals surface area contributed by atoms with Crippen molar-refractivity contribution in [3.63, 3.8) is 0 Å². The topological polar surface area (TPSA) is 102 Å². The molecule has 0 spiro atoms. The summed E-state index contributed by atoms with van der Waals surface area (Å²) in [5.41, 5.74) is 6.44. The molecule has 0 bridgehead atoms. The van der Waals surface area contributed by atoms with Crippen LogP contribution in [0.15, 0.2) is 29.0 Å². The molecule has 1 aliphatic heterocycles. The Morgan fingerprint density at radius 1 is 1.30 bits per heavy atom. The molecule has 0 radical (unpaired) electrons. The lowest BCUT2D eigenvalue weighted by atomic mass is 9.94. The third-order valence-electron chi connectivity index (χ3n) is 3.97. The Labute approximate surface area is 137 Å². The lowest BCUT2D eigenvalue weighted by Gasteiger charge is -2.31. The summed E-state index contributed by atoms with van der Waals surface area (Å²) >= 11 is 0. The quantitative estimate of drug-likeness (QED) is 0.716. The Bertz CT molecular complexity index is 480. The van der Waals surface area contributed by atoms with Gasteiger partial charge in [0.25, 0.3) is 0 Å². The number of carboxylic acid groups (broad SMARTS) is 1. The van der Waals surface area contributed by atoms with Crippen LogP contribution < -0.4 is 5.73 Å².